The topological polar surface area (TPSA) is 59.4 Å². The van der Waals surface area contributed by atoms with Gasteiger partial charge >= 0.3 is 5.97 Å². The van der Waals surface area contributed by atoms with E-state index in [4.69, 9.17) is 4.18 Å². The molecule has 0 amide bonds. The average molecular weight is 435 g/mol. The monoisotopic (exact) mass is 434 g/mol. The summed E-state index contributed by atoms with van der Waals surface area (Å²) in [5, 5.41) is 9.31. The maximum atomic E-state index is 11.3. The molecule has 0 aliphatic carbocycles. The molecule has 0 radical (unpaired) electrons. The third kappa shape index (κ3) is 4.53. The van der Waals surface area contributed by atoms with Gasteiger partial charge in [-0.3, -0.25) is 9.78 Å². The molecule has 4 rings (SSSR count). The Morgan fingerprint density at radius 3 is 2.55 bits per heavy atom. The summed E-state index contributed by atoms with van der Waals surface area (Å²) in [4.78, 5) is 16.8. The summed E-state index contributed by atoms with van der Waals surface area (Å²) in [7, 11) is 0. The Hall–Kier alpha value is -2.63. The lowest BCUT2D eigenvalue weighted by Crippen LogP contribution is -2.12. The van der Waals surface area contributed by atoms with Crippen LogP contribution in [0.3, 0.4) is 0 Å². The third-order valence-electron chi connectivity index (χ3n) is 5.80. The van der Waals surface area contributed by atoms with Gasteiger partial charge in [-0.1, -0.05) is 35.9 Å². The molecule has 3 aromatic rings. The molecular weight excluding hydrogens is 406 g/mol. The number of benzene rings is 2. The maximum absolute atomic E-state index is 11.3. The van der Waals surface area contributed by atoms with Gasteiger partial charge in [-0.05, 0) is 61.6 Å². The third-order valence-corrected chi connectivity index (χ3v) is 7.92. The second-order valence-electron chi connectivity index (χ2n) is 8.42. The zero-order chi connectivity index (χ0) is 22.1. The van der Waals surface area contributed by atoms with Crippen LogP contribution in [-0.2, 0) is 26.8 Å². The van der Waals surface area contributed by atoms with E-state index in [0.717, 1.165) is 21.6 Å². The van der Waals surface area contributed by atoms with Gasteiger partial charge < -0.3 is 5.11 Å². The van der Waals surface area contributed by atoms with E-state index in [1.165, 1.54) is 27.8 Å². The van der Waals surface area contributed by atoms with E-state index in [0.29, 0.717) is 12.4 Å². The van der Waals surface area contributed by atoms with Crippen molar-refractivity contribution in [3.63, 3.8) is 0 Å². The van der Waals surface area contributed by atoms with Crippen LogP contribution in [0.2, 0.25) is 0 Å². The van der Waals surface area contributed by atoms with E-state index in [9.17, 15) is 9.90 Å². The molecule has 0 fully saturated rings. The number of carboxylic acids is 1. The quantitative estimate of drug-likeness (QED) is 0.508. The summed E-state index contributed by atoms with van der Waals surface area (Å²) in [6.45, 7) is 8.98. The Morgan fingerprint density at radius 2 is 1.84 bits per heavy atom. The number of hydrogen-bond donors (Lipinski definition) is 1. The fraction of sp³-hybridized carbons (Fsp3) is 0.308. The van der Waals surface area contributed by atoms with Gasteiger partial charge in [0.25, 0.3) is 0 Å². The number of aryl methyl sites for hydroxylation is 4. The maximum Gasteiger partial charge on any atom is 0.304 e. The van der Waals surface area contributed by atoms with Crippen LogP contribution in [0.15, 0.2) is 53.7 Å². The summed E-state index contributed by atoms with van der Waals surface area (Å²) in [6, 6.07) is 13.0. The number of pyridine rings is 1. The normalized spacial score (nSPS) is 17.5. The Bertz CT molecular complexity index is 1120. The molecule has 160 valence electrons. The van der Waals surface area contributed by atoms with Gasteiger partial charge in [0, 0.05) is 29.4 Å². The van der Waals surface area contributed by atoms with Crippen molar-refractivity contribution in [1.82, 2.24) is 4.98 Å². The highest BCUT2D eigenvalue weighted by atomic mass is 32.2. The number of hydrogen-bond acceptors (Lipinski definition) is 3. The Balaban J connectivity index is 1.56. The van der Waals surface area contributed by atoms with Crippen LogP contribution in [-0.4, -0.2) is 21.8 Å². The highest BCUT2D eigenvalue weighted by Crippen LogP contribution is 2.40. The SMILES string of the molecule is Cc1cc(C)c(-c2cccc(CO[S+]3C[C@@H](CC(=O)O)c4cncc(C)c43)c2)c(C)c1. The zero-order valence-electron chi connectivity index (χ0n) is 18.4. The van der Waals surface area contributed by atoms with Gasteiger partial charge in [-0.2, -0.15) is 4.18 Å². The van der Waals surface area contributed by atoms with Gasteiger partial charge in [0.15, 0.2) is 21.8 Å². The highest BCUT2D eigenvalue weighted by Gasteiger charge is 2.44. The summed E-state index contributed by atoms with van der Waals surface area (Å²) in [5.41, 5.74) is 9.56. The predicted molar refractivity (Wildman–Crippen MR) is 125 cm³/mol. The molecule has 1 aromatic heterocycles. The van der Waals surface area contributed by atoms with E-state index in [1.807, 2.05) is 19.3 Å². The number of carboxylic acid groups (broad SMARTS) is 1. The van der Waals surface area contributed by atoms with Gasteiger partial charge in [0.05, 0.1) is 6.42 Å². The van der Waals surface area contributed by atoms with E-state index in [-0.39, 0.29) is 12.3 Å². The van der Waals surface area contributed by atoms with E-state index >= 15 is 0 Å². The van der Waals surface area contributed by atoms with Gasteiger partial charge in [-0.15, -0.1) is 0 Å². The first-order chi connectivity index (χ1) is 14.8. The van der Waals surface area contributed by atoms with Gasteiger partial charge in [-0.25, -0.2) is 0 Å². The smallest absolute Gasteiger partial charge is 0.304 e. The number of aromatic nitrogens is 1. The molecule has 5 heteroatoms. The summed E-state index contributed by atoms with van der Waals surface area (Å²) >= 11 is -0.427. The van der Waals surface area contributed by atoms with Crippen molar-refractivity contribution in [1.29, 1.82) is 0 Å². The second kappa shape index (κ2) is 8.85. The molecule has 2 atom stereocenters. The molecule has 1 aliphatic rings. The van der Waals surface area contributed by atoms with Crippen molar-refractivity contribution in [2.45, 2.75) is 51.5 Å². The first-order valence-corrected chi connectivity index (χ1v) is 11.8. The standard InChI is InChI=1S/C26H27NO3S/c1-16-8-17(2)25(18(3)9-16)21-7-5-6-20(10-21)14-30-31-15-22(11-24(28)29)23-13-27-12-19(4)26(23)31/h5-10,12-13,22H,11,14-15H2,1-4H3/p+1/t22-,31?/m1/s1. The molecule has 2 heterocycles. The first-order valence-electron chi connectivity index (χ1n) is 10.5. The van der Waals surface area contributed by atoms with Gasteiger partial charge in [0.1, 0.15) is 6.61 Å². The molecular formula is C26H28NO3S+. The van der Waals surface area contributed by atoms with Crippen LogP contribution >= 0.6 is 0 Å². The van der Waals surface area contributed by atoms with Crippen molar-refractivity contribution < 1.29 is 14.1 Å². The fourth-order valence-electron chi connectivity index (χ4n) is 4.61. The first kappa shape index (κ1) is 21.6. The molecule has 0 saturated heterocycles. The predicted octanol–water partition coefficient (Wildman–Crippen LogP) is 5.66. The number of aliphatic carboxylic acids is 1. The van der Waals surface area contributed by atoms with Crippen LogP contribution in [0.1, 0.15) is 45.7 Å². The van der Waals surface area contributed by atoms with E-state index in [2.05, 4.69) is 62.2 Å². The highest BCUT2D eigenvalue weighted by molar-refractivity contribution is 7.92. The lowest BCUT2D eigenvalue weighted by atomic mass is 9.93. The lowest BCUT2D eigenvalue weighted by molar-refractivity contribution is -0.137. The summed E-state index contributed by atoms with van der Waals surface area (Å²) in [5.74, 6) is -0.101. The van der Waals surface area contributed by atoms with E-state index in [1.54, 1.807) is 0 Å². The van der Waals surface area contributed by atoms with Crippen LogP contribution in [0.25, 0.3) is 11.1 Å². The van der Waals surface area contributed by atoms with Crippen molar-refractivity contribution in [3.05, 3.63) is 82.2 Å². The summed E-state index contributed by atoms with van der Waals surface area (Å²) in [6.07, 6.45) is 3.78. The van der Waals surface area contributed by atoms with Crippen molar-refractivity contribution in [2.24, 2.45) is 0 Å². The minimum absolute atomic E-state index is 0.0348. The molecule has 1 aliphatic heterocycles. The minimum Gasteiger partial charge on any atom is -0.481 e. The molecule has 1 unspecified atom stereocenters. The second-order valence-corrected chi connectivity index (χ2v) is 10.1. The molecule has 4 nitrogen and oxygen atoms in total. The number of nitrogens with zero attached hydrogens (tertiary/aromatic N) is 1. The largest absolute Gasteiger partial charge is 0.481 e. The number of fused-ring (bicyclic) bond motifs is 1. The summed E-state index contributed by atoms with van der Waals surface area (Å²) < 4.78 is 6.39. The molecule has 31 heavy (non-hydrogen) atoms. The Kier molecular flexibility index (Phi) is 6.17. The van der Waals surface area contributed by atoms with Crippen molar-refractivity contribution in [3.8, 4) is 11.1 Å². The van der Waals surface area contributed by atoms with Crippen LogP contribution < -0.4 is 0 Å². The molecule has 1 N–H and O–H groups in total. The number of rotatable bonds is 6. The van der Waals surface area contributed by atoms with Crippen molar-refractivity contribution >= 4 is 17.1 Å². The van der Waals surface area contributed by atoms with Crippen LogP contribution in [0, 0.1) is 27.7 Å². The Morgan fingerprint density at radius 1 is 1.10 bits per heavy atom. The molecule has 0 bridgehead atoms. The van der Waals surface area contributed by atoms with Crippen LogP contribution in [0.5, 0.6) is 0 Å². The lowest BCUT2D eigenvalue weighted by Gasteiger charge is -2.13. The van der Waals surface area contributed by atoms with Gasteiger partial charge in [0.2, 0.25) is 0 Å². The average Bonchev–Trinajstić information content (AvgIpc) is 3.04. The molecule has 0 spiro atoms. The van der Waals surface area contributed by atoms with E-state index < -0.39 is 17.1 Å². The zero-order valence-corrected chi connectivity index (χ0v) is 19.3. The minimum atomic E-state index is -0.778. The fourth-order valence-corrected chi connectivity index (χ4v) is 6.83. The molecule has 2 aromatic carbocycles. The van der Waals surface area contributed by atoms with Crippen molar-refractivity contribution in [2.75, 3.05) is 5.75 Å². The Labute approximate surface area is 186 Å². The number of carbonyl (C=O) groups is 1. The molecule has 0 saturated carbocycles. The van der Waals surface area contributed by atoms with Crippen LogP contribution in [0.4, 0.5) is 0 Å².